The Morgan fingerprint density at radius 2 is 2.00 bits per heavy atom. The molecule has 0 amide bonds. The van der Waals surface area contributed by atoms with Crippen molar-refractivity contribution in [3.05, 3.63) is 0 Å². The first-order valence-corrected chi connectivity index (χ1v) is 4.90. The minimum Gasteiger partial charge on any atom is -0.368 e. The lowest BCUT2D eigenvalue weighted by molar-refractivity contribution is -0.268. The number of hydrogen-bond donors (Lipinski definition) is 2. The highest BCUT2D eigenvalue weighted by Crippen LogP contribution is 2.46. The Balaban J connectivity index is 2.30. The number of amidine groups is 1. The molecule has 2 N–H and O–H groups in total. The second-order valence-electron chi connectivity index (χ2n) is 4.45. The van der Waals surface area contributed by atoms with Gasteiger partial charge in [0.15, 0.2) is 0 Å². The monoisotopic (exact) mass is 222 g/mol. The Morgan fingerprint density at radius 3 is 2.40 bits per heavy atom. The Bertz CT molecular complexity index is 309. The van der Waals surface area contributed by atoms with Crippen molar-refractivity contribution >= 4 is 5.84 Å². The normalized spacial score (nSPS) is 34.3. The van der Waals surface area contributed by atoms with Gasteiger partial charge in [-0.1, -0.05) is 0 Å². The van der Waals surface area contributed by atoms with E-state index in [1.165, 1.54) is 6.92 Å². The lowest BCUT2D eigenvalue weighted by Gasteiger charge is -2.49. The zero-order valence-electron chi connectivity index (χ0n) is 8.36. The fraction of sp³-hybridized carbons (Fsp3) is 0.889. The van der Waals surface area contributed by atoms with Crippen LogP contribution in [0.1, 0.15) is 32.6 Å². The van der Waals surface area contributed by atoms with Gasteiger partial charge in [0.05, 0.1) is 5.84 Å². The van der Waals surface area contributed by atoms with Gasteiger partial charge in [-0.2, -0.15) is 13.2 Å². The zero-order chi connectivity index (χ0) is 11.3. The van der Waals surface area contributed by atoms with Crippen molar-refractivity contribution in [3.8, 4) is 0 Å². The van der Waals surface area contributed by atoms with Crippen LogP contribution < -0.4 is 5.32 Å². The first-order chi connectivity index (χ1) is 6.77. The molecular formula is C9H13F3N2O. The summed E-state index contributed by atoms with van der Waals surface area (Å²) in [5.74, 6) is 0.167. The summed E-state index contributed by atoms with van der Waals surface area (Å²) in [5.41, 5.74) is -3.49. The summed E-state index contributed by atoms with van der Waals surface area (Å²) in [6, 6.07) is 0. The molecule has 3 nitrogen and oxygen atoms in total. The van der Waals surface area contributed by atoms with Gasteiger partial charge in [-0.05, 0) is 26.2 Å². The molecule has 1 fully saturated rings. The standard InChI is InChI=1S/C9H13F3N2O/c1-6-13-7(3-2-4-7)5-8(15,14-6)9(10,11)12/h15H,2-5H2,1H3,(H,13,14)/t8-/m1/s1. The van der Waals surface area contributed by atoms with Gasteiger partial charge < -0.3 is 10.4 Å². The molecule has 0 bridgehead atoms. The smallest absolute Gasteiger partial charge is 0.368 e. The summed E-state index contributed by atoms with van der Waals surface area (Å²) in [6.45, 7) is 1.45. The summed E-state index contributed by atoms with van der Waals surface area (Å²) in [5, 5.41) is 12.5. The molecule has 1 spiro atoms. The molecule has 2 rings (SSSR count). The molecule has 1 saturated carbocycles. The summed E-state index contributed by atoms with van der Waals surface area (Å²) in [7, 11) is 0. The van der Waals surface area contributed by atoms with Crippen molar-refractivity contribution in [3.63, 3.8) is 0 Å². The molecule has 0 radical (unpaired) electrons. The Kier molecular flexibility index (Phi) is 2.05. The first-order valence-electron chi connectivity index (χ1n) is 4.90. The Labute approximate surface area is 85.4 Å². The topological polar surface area (TPSA) is 44.6 Å². The minimum absolute atomic E-state index is 0.167. The van der Waals surface area contributed by atoms with Crippen LogP contribution in [-0.2, 0) is 0 Å². The summed E-state index contributed by atoms with van der Waals surface area (Å²) in [4.78, 5) is 3.30. The number of nitrogens with zero attached hydrogens (tertiary/aromatic N) is 1. The van der Waals surface area contributed by atoms with Gasteiger partial charge in [-0.3, -0.25) is 0 Å². The molecule has 2 aliphatic rings. The third kappa shape index (κ3) is 1.60. The molecule has 86 valence electrons. The first kappa shape index (κ1) is 10.7. The van der Waals surface area contributed by atoms with Crippen molar-refractivity contribution in [2.45, 2.75) is 50.0 Å². The summed E-state index contributed by atoms with van der Waals surface area (Å²) >= 11 is 0. The third-order valence-electron chi connectivity index (χ3n) is 3.15. The molecular weight excluding hydrogens is 209 g/mol. The Hall–Kier alpha value is -0.780. The molecule has 0 saturated heterocycles. The molecule has 0 aromatic carbocycles. The minimum atomic E-state index is -4.70. The lowest BCUT2D eigenvalue weighted by Crippen LogP contribution is -2.64. The molecule has 1 heterocycles. The highest BCUT2D eigenvalue weighted by atomic mass is 19.4. The number of alkyl halides is 3. The molecule has 0 aromatic rings. The number of rotatable bonds is 0. The van der Waals surface area contributed by atoms with Gasteiger partial charge >= 0.3 is 6.18 Å². The van der Waals surface area contributed by atoms with Gasteiger partial charge in [0.25, 0.3) is 5.72 Å². The number of hydrogen-bond acceptors (Lipinski definition) is 3. The highest BCUT2D eigenvalue weighted by Gasteiger charge is 2.60. The SMILES string of the molecule is CC1=N[C@](O)(C(F)(F)F)CC2(CCC2)N1. The third-order valence-corrected chi connectivity index (χ3v) is 3.15. The summed E-state index contributed by atoms with van der Waals surface area (Å²) in [6.07, 6.45) is -2.84. The van der Waals surface area contributed by atoms with Crippen LogP contribution in [0.15, 0.2) is 4.99 Å². The van der Waals surface area contributed by atoms with E-state index in [1.54, 1.807) is 0 Å². The molecule has 6 heteroatoms. The average molecular weight is 222 g/mol. The van der Waals surface area contributed by atoms with E-state index < -0.39 is 17.4 Å². The number of halogens is 3. The van der Waals surface area contributed by atoms with Crippen LogP contribution in [0.25, 0.3) is 0 Å². The van der Waals surface area contributed by atoms with Crippen LogP contribution in [0.3, 0.4) is 0 Å². The van der Waals surface area contributed by atoms with Crippen molar-refractivity contribution in [1.82, 2.24) is 5.32 Å². The van der Waals surface area contributed by atoms with Crippen molar-refractivity contribution in [2.24, 2.45) is 4.99 Å². The van der Waals surface area contributed by atoms with E-state index in [1.807, 2.05) is 0 Å². The average Bonchev–Trinajstić information content (AvgIpc) is 1.97. The maximum atomic E-state index is 12.6. The second-order valence-corrected chi connectivity index (χ2v) is 4.45. The highest BCUT2D eigenvalue weighted by molar-refractivity contribution is 5.81. The number of nitrogens with one attached hydrogen (secondary N) is 1. The predicted octanol–water partition coefficient (Wildman–Crippen LogP) is 1.57. The Morgan fingerprint density at radius 1 is 1.40 bits per heavy atom. The molecule has 1 aliphatic heterocycles. The molecule has 0 aromatic heterocycles. The number of aliphatic imine (C=N–C) groups is 1. The van der Waals surface area contributed by atoms with E-state index in [4.69, 9.17) is 0 Å². The fourth-order valence-corrected chi connectivity index (χ4v) is 2.31. The predicted molar refractivity (Wildman–Crippen MR) is 48.4 cm³/mol. The van der Waals surface area contributed by atoms with Crippen LogP contribution in [0.5, 0.6) is 0 Å². The van der Waals surface area contributed by atoms with Crippen LogP contribution >= 0.6 is 0 Å². The van der Waals surface area contributed by atoms with Crippen LogP contribution in [-0.4, -0.2) is 28.4 Å². The van der Waals surface area contributed by atoms with Gasteiger partial charge in [0.2, 0.25) is 0 Å². The second kappa shape index (κ2) is 2.87. The van der Waals surface area contributed by atoms with Crippen molar-refractivity contribution in [1.29, 1.82) is 0 Å². The molecule has 15 heavy (non-hydrogen) atoms. The molecule has 0 unspecified atom stereocenters. The van der Waals surface area contributed by atoms with E-state index in [0.717, 1.165) is 6.42 Å². The fourth-order valence-electron chi connectivity index (χ4n) is 2.31. The maximum absolute atomic E-state index is 12.6. The zero-order valence-corrected chi connectivity index (χ0v) is 8.36. The molecule has 1 aliphatic carbocycles. The van der Waals surface area contributed by atoms with E-state index >= 15 is 0 Å². The van der Waals surface area contributed by atoms with Gasteiger partial charge in [-0.15, -0.1) is 0 Å². The van der Waals surface area contributed by atoms with Crippen LogP contribution in [0.4, 0.5) is 13.2 Å². The maximum Gasteiger partial charge on any atom is 0.438 e. The van der Waals surface area contributed by atoms with Crippen molar-refractivity contribution < 1.29 is 18.3 Å². The van der Waals surface area contributed by atoms with E-state index in [0.29, 0.717) is 12.8 Å². The van der Waals surface area contributed by atoms with E-state index in [-0.39, 0.29) is 12.3 Å². The van der Waals surface area contributed by atoms with Gasteiger partial charge in [0, 0.05) is 12.0 Å². The van der Waals surface area contributed by atoms with Gasteiger partial charge in [0.1, 0.15) is 0 Å². The van der Waals surface area contributed by atoms with Crippen molar-refractivity contribution in [2.75, 3.05) is 0 Å². The quantitative estimate of drug-likeness (QED) is 0.653. The largest absolute Gasteiger partial charge is 0.438 e. The number of aliphatic hydroxyl groups is 1. The van der Waals surface area contributed by atoms with Gasteiger partial charge in [-0.25, -0.2) is 4.99 Å². The van der Waals surface area contributed by atoms with Crippen LogP contribution in [0.2, 0.25) is 0 Å². The van der Waals surface area contributed by atoms with Crippen LogP contribution in [0, 0.1) is 0 Å². The van der Waals surface area contributed by atoms with E-state index in [2.05, 4.69) is 10.3 Å². The van der Waals surface area contributed by atoms with E-state index in [9.17, 15) is 18.3 Å². The molecule has 1 atom stereocenters. The lowest BCUT2D eigenvalue weighted by atomic mass is 9.70. The summed E-state index contributed by atoms with van der Waals surface area (Å²) < 4.78 is 37.9.